The first-order chi connectivity index (χ1) is 17.6. The number of aromatic nitrogens is 2. The van der Waals surface area contributed by atoms with Crippen molar-refractivity contribution in [2.24, 2.45) is 4.99 Å². The van der Waals surface area contributed by atoms with Crippen molar-refractivity contribution < 1.29 is 9.59 Å². The van der Waals surface area contributed by atoms with Gasteiger partial charge in [-0.15, -0.1) is 0 Å². The fourth-order valence-electron chi connectivity index (χ4n) is 6.67. The number of pyridine rings is 1. The standard InChI is InChI=1S/C29H23N5O2/c35-25-11-19-14-34(24-5-1-4-22(32-25)26(19)24)15-20-7-6-16-9-17-12-29(13-18(17)10-23(16)31-20)21-3-2-8-30-27(21)33-28(29)36/h1-6,8-10,14,23H,7,11-13,15H2,(H,32,35)(H,30,33,36)/t23?,29-/m0/s1. The fourth-order valence-corrected chi connectivity index (χ4v) is 6.67. The second-order valence-electron chi connectivity index (χ2n) is 10.4. The average Bonchev–Trinajstić information content (AvgIpc) is 3.50. The predicted molar refractivity (Wildman–Crippen MR) is 138 cm³/mol. The van der Waals surface area contributed by atoms with E-state index in [0.717, 1.165) is 39.8 Å². The Labute approximate surface area is 207 Å². The van der Waals surface area contributed by atoms with Gasteiger partial charge in [0.2, 0.25) is 11.8 Å². The summed E-state index contributed by atoms with van der Waals surface area (Å²) in [5.41, 5.74) is 8.34. The maximum atomic E-state index is 13.1. The number of dihydropyridines is 1. The van der Waals surface area contributed by atoms with Crippen LogP contribution in [-0.4, -0.2) is 33.1 Å². The molecule has 2 aliphatic carbocycles. The molecule has 1 aromatic carbocycles. The average molecular weight is 474 g/mol. The molecule has 7 nitrogen and oxygen atoms in total. The summed E-state index contributed by atoms with van der Waals surface area (Å²) in [5.74, 6) is 0.783. The van der Waals surface area contributed by atoms with Crippen LogP contribution in [-0.2, 0) is 28.0 Å². The van der Waals surface area contributed by atoms with Crippen molar-refractivity contribution in [3.63, 3.8) is 0 Å². The fraction of sp³-hybridized carbons (Fsp3) is 0.241. The number of amides is 2. The summed E-state index contributed by atoms with van der Waals surface area (Å²) < 4.78 is 2.22. The van der Waals surface area contributed by atoms with Crippen LogP contribution in [0.5, 0.6) is 0 Å². The smallest absolute Gasteiger partial charge is 0.237 e. The molecule has 2 aromatic heterocycles. The zero-order valence-electron chi connectivity index (χ0n) is 19.5. The molecule has 3 aromatic rings. The number of nitrogens with zero attached hydrogens (tertiary/aromatic N) is 3. The number of carbonyl (C=O) groups excluding carboxylic acids is 2. The van der Waals surface area contributed by atoms with E-state index < -0.39 is 5.41 Å². The molecule has 7 heteroatoms. The Balaban J connectivity index is 1.11. The van der Waals surface area contributed by atoms with Crippen molar-refractivity contribution in [2.75, 3.05) is 10.6 Å². The van der Waals surface area contributed by atoms with Crippen LogP contribution in [0.1, 0.15) is 30.4 Å². The van der Waals surface area contributed by atoms with Gasteiger partial charge in [-0.1, -0.05) is 30.4 Å². The van der Waals surface area contributed by atoms with Crippen LogP contribution >= 0.6 is 0 Å². The van der Waals surface area contributed by atoms with Crippen LogP contribution in [0.2, 0.25) is 0 Å². The van der Waals surface area contributed by atoms with Crippen molar-refractivity contribution in [3.05, 3.63) is 88.8 Å². The summed E-state index contributed by atoms with van der Waals surface area (Å²) in [7, 11) is 0. The number of anilines is 2. The van der Waals surface area contributed by atoms with Gasteiger partial charge in [0, 0.05) is 35.5 Å². The Morgan fingerprint density at radius 3 is 2.94 bits per heavy atom. The van der Waals surface area contributed by atoms with E-state index in [1.54, 1.807) is 6.20 Å². The Morgan fingerprint density at radius 2 is 2.00 bits per heavy atom. The lowest BCUT2D eigenvalue weighted by Crippen LogP contribution is -2.31. The first-order valence-corrected chi connectivity index (χ1v) is 12.4. The van der Waals surface area contributed by atoms with E-state index in [4.69, 9.17) is 4.99 Å². The Kier molecular flexibility index (Phi) is 3.83. The van der Waals surface area contributed by atoms with E-state index in [1.807, 2.05) is 24.3 Å². The van der Waals surface area contributed by atoms with Crippen molar-refractivity contribution in [1.82, 2.24) is 9.55 Å². The lowest BCUT2D eigenvalue weighted by Gasteiger charge is -2.23. The number of allylic oxidation sites excluding steroid dienone is 3. The predicted octanol–water partition coefficient (Wildman–Crippen LogP) is 4.22. The number of carbonyl (C=O) groups is 2. The van der Waals surface area contributed by atoms with Gasteiger partial charge in [0.15, 0.2) is 0 Å². The first-order valence-electron chi connectivity index (χ1n) is 12.4. The summed E-state index contributed by atoms with van der Waals surface area (Å²) in [4.78, 5) is 34.7. The largest absolute Gasteiger partial charge is 0.341 e. The summed E-state index contributed by atoms with van der Waals surface area (Å²) >= 11 is 0. The molecule has 0 bridgehead atoms. The third kappa shape index (κ3) is 2.68. The summed E-state index contributed by atoms with van der Waals surface area (Å²) in [6.45, 7) is 0.694. The number of fused-ring (bicyclic) bond motifs is 4. The molecule has 1 fully saturated rings. The highest BCUT2D eigenvalue weighted by atomic mass is 16.2. The summed E-state index contributed by atoms with van der Waals surface area (Å²) in [6, 6.07) is 9.99. The second kappa shape index (κ2) is 6.91. The third-order valence-electron chi connectivity index (χ3n) is 8.29. The van der Waals surface area contributed by atoms with Crippen molar-refractivity contribution in [2.45, 2.75) is 43.7 Å². The Bertz CT molecular complexity index is 1670. The van der Waals surface area contributed by atoms with Crippen LogP contribution in [0.3, 0.4) is 0 Å². The minimum Gasteiger partial charge on any atom is -0.341 e. The number of hydrogen-bond acceptors (Lipinski definition) is 4. The monoisotopic (exact) mass is 473 g/mol. The number of hydrogen-bond donors (Lipinski definition) is 2. The number of aliphatic imine (C=N–C) groups is 1. The van der Waals surface area contributed by atoms with E-state index in [9.17, 15) is 9.59 Å². The van der Waals surface area contributed by atoms with E-state index in [2.05, 4.69) is 50.7 Å². The molecule has 0 radical (unpaired) electrons. The topological polar surface area (TPSA) is 88.4 Å². The van der Waals surface area contributed by atoms with Crippen LogP contribution in [0.15, 0.2) is 82.7 Å². The molecule has 2 N–H and O–H groups in total. The van der Waals surface area contributed by atoms with Gasteiger partial charge in [-0.25, -0.2) is 4.98 Å². The van der Waals surface area contributed by atoms with Crippen LogP contribution in [0.25, 0.3) is 10.9 Å². The minimum atomic E-state index is -0.558. The molecule has 36 heavy (non-hydrogen) atoms. The zero-order valence-corrected chi connectivity index (χ0v) is 19.5. The maximum absolute atomic E-state index is 13.1. The van der Waals surface area contributed by atoms with Crippen LogP contribution in [0.4, 0.5) is 11.5 Å². The maximum Gasteiger partial charge on any atom is 0.237 e. The molecule has 2 amide bonds. The molecule has 3 aliphatic heterocycles. The van der Waals surface area contributed by atoms with Crippen molar-refractivity contribution in [1.29, 1.82) is 0 Å². The lowest BCUT2D eigenvalue weighted by atomic mass is 9.80. The summed E-state index contributed by atoms with van der Waals surface area (Å²) in [5, 5.41) is 7.12. The Hall–Kier alpha value is -4.26. The highest BCUT2D eigenvalue weighted by Crippen LogP contribution is 2.54. The van der Waals surface area contributed by atoms with Gasteiger partial charge in [-0.2, -0.15) is 0 Å². The van der Waals surface area contributed by atoms with Gasteiger partial charge in [0.05, 0.1) is 35.6 Å². The Morgan fingerprint density at radius 1 is 1.08 bits per heavy atom. The molecule has 1 saturated carbocycles. The molecule has 1 unspecified atom stereocenters. The highest BCUT2D eigenvalue weighted by molar-refractivity contribution is 6.09. The molecule has 176 valence electrons. The minimum absolute atomic E-state index is 0.0173. The quantitative estimate of drug-likeness (QED) is 0.584. The van der Waals surface area contributed by atoms with Gasteiger partial charge < -0.3 is 15.2 Å². The SMILES string of the molecule is O=C1Cc2cn(CC3=NC4C=C5C[C@]6(CC5=CC4=CC3)C(=O)Nc3ncccc36)c3cccc(c23)N1. The molecule has 1 spiro atoms. The van der Waals surface area contributed by atoms with Gasteiger partial charge in [-0.05, 0) is 53.3 Å². The molecule has 0 saturated heterocycles. The molecule has 8 rings (SSSR count). The van der Waals surface area contributed by atoms with Gasteiger partial charge >= 0.3 is 0 Å². The van der Waals surface area contributed by atoms with Gasteiger partial charge in [0.25, 0.3) is 0 Å². The van der Waals surface area contributed by atoms with Crippen LogP contribution in [0, 0.1) is 0 Å². The normalized spacial score (nSPS) is 25.4. The number of benzene rings is 1. The number of rotatable bonds is 2. The molecule has 5 aliphatic rings. The lowest BCUT2D eigenvalue weighted by molar-refractivity contribution is -0.120. The second-order valence-corrected chi connectivity index (χ2v) is 10.4. The van der Waals surface area contributed by atoms with Crippen molar-refractivity contribution >= 4 is 39.9 Å². The number of nitrogens with one attached hydrogen (secondary N) is 2. The van der Waals surface area contributed by atoms with Crippen LogP contribution < -0.4 is 10.6 Å². The van der Waals surface area contributed by atoms with E-state index in [-0.39, 0.29) is 17.9 Å². The third-order valence-corrected chi connectivity index (χ3v) is 8.29. The highest BCUT2D eigenvalue weighted by Gasteiger charge is 2.52. The molecule has 5 heterocycles. The van der Waals surface area contributed by atoms with E-state index >= 15 is 0 Å². The molecular formula is C29H23N5O2. The molecular weight excluding hydrogens is 450 g/mol. The van der Waals surface area contributed by atoms with Gasteiger partial charge in [-0.3, -0.25) is 14.6 Å². The summed E-state index contributed by atoms with van der Waals surface area (Å²) in [6.07, 6.45) is 13.2. The van der Waals surface area contributed by atoms with Crippen molar-refractivity contribution in [3.8, 4) is 0 Å². The molecule has 2 atom stereocenters. The van der Waals surface area contributed by atoms with Gasteiger partial charge in [0.1, 0.15) is 5.82 Å². The first kappa shape index (κ1) is 20.0. The van der Waals surface area contributed by atoms with E-state index in [1.165, 1.54) is 16.7 Å². The zero-order chi connectivity index (χ0) is 24.0. The van der Waals surface area contributed by atoms with E-state index in [0.29, 0.717) is 31.6 Å².